The minimum atomic E-state index is -5.61. The van der Waals surface area contributed by atoms with Gasteiger partial charge in [0.15, 0.2) is 0 Å². The van der Waals surface area contributed by atoms with E-state index in [2.05, 4.69) is 20.0 Å². The van der Waals surface area contributed by atoms with Gasteiger partial charge in [-0.25, -0.2) is 4.98 Å². The van der Waals surface area contributed by atoms with Gasteiger partial charge in [-0.1, -0.05) is 0 Å². The second kappa shape index (κ2) is 5.20. The van der Waals surface area contributed by atoms with Crippen molar-refractivity contribution >= 4 is 27.5 Å². The minimum absolute atomic E-state index is 0.0162. The highest BCUT2D eigenvalue weighted by atomic mass is 32.1. The Morgan fingerprint density at radius 2 is 1.76 bits per heavy atom. The Kier molecular flexibility index (Phi) is 3.87. The average molecular weight is 331 g/mol. The number of alkyl halides is 6. The smallest absolute Gasteiger partial charge is 0.434 e. The number of anilines is 1. The van der Waals surface area contributed by atoms with Crippen molar-refractivity contribution in [2.45, 2.75) is 18.5 Å². The molecule has 1 N–H and O–H groups in total. The molecule has 0 aliphatic carbocycles. The zero-order valence-electron chi connectivity index (χ0n) is 10.2. The zero-order valence-corrected chi connectivity index (χ0v) is 11.0. The highest BCUT2D eigenvalue weighted by Crippen LogP contribution is 2.38. The number of halogens is 6. The highest BCUT2D eigenvalue weighted by Gasteiger charge is 2.59. The van der Waals surface area contributed by atoms with E-state index in [1.165, 1.54) is 18.5 Å². The van der Waals surface area contributed by atoms with E-state index in [4.69, 9.17) is 0 Å². The average Bonchev–Trinajstić information content (AvgIpc) is 2.80. The Morgan fingerprint density at radius 1 is 1.14 bits per heavy atom. The van der Waals surface area contributed by atoms with Crippen molar-refractivity contribution in [3.63, 3.8) is 0 Å². The number of thiophene rings is 1. The molecule has 0 amide bonds. The molecular weight excluding hydrogens is 324 g/mol. The molecule has 2 aromatic heterocycles. The summed E-state index contributed by atoms with van der Waals surface area (Å²) in [6.07, 6.45) is -15.2. The van der Waals surface area contributed by atoms with Gasteiger partial charge < -0.3 is 10.1 Å². The first-order chi connectivity index (χ1) is 9.63. The second-order valence-corrected chi connectivity index (χ2v) is 4.72. The van der Waals surface area contributed by atoms with E-state index in [0.29, 0.717) is 0 Å². The summed E-state index contributed by atoms with van der Waals surface area (Å²) in [5.74, 6) is -0.909. The largest absolute Gasteiger partial charge is 0.454 e. The first kappa shape index (κ1) is 15.6. The molecule has 116 valence electrons. The fourth-order valence-corrected chi connectivity index (χ4v) is 2.22. The monoisotopic (exact) mass is 331 g/mol. The topological polar surface area (TPSA) is 47.0 Å². The zero-order chi connectivity index (χ0) is 15.8. The van der Waals surface area contributed by atoms with Gasteiger partial charge in [-0.05, 0) is 11.4 Å². The summed E-state index contributed by atoms with van der Waals surface area (Å²) in [6, 6.07) is 1.29. The molecule has 0 atom stereocenters. The van der Waals surface area contributed by atoms with Crippen LogP contribution in [0.15, 0.2) is 11.4 Å². The SMILES string of the molecule is CNc1nc(OC(C(F)(F)F)C(F)(F)F)c2ccsc2n1. The predicted molar refractivity (Wildman–Crippen MR) is 63.5 cm³/mol. The number of hydrogen-bond acceptors (Lipinski definition) is 5. The Balaban J connectivity index is 2.48. The van der Waals surface area contributed by atoms with E-state index in [0.717, 1.165) is 11.3 Å². The molecule has 0 aliphatic rings. The molecular formula is C10H7F6N3OS. The van der Waals surface area contributed by atoms with Crippen LogP contribution in [0.1, 0.15) is 0 Å². The Labute approximate surface area is 117 Å². The van der Waals surface area contributed by atoms with E-state index < -0.39 is 24.3 Å². The molecule has 0 spiro atoms. The van der Waals surface area contributed by atoms with Crippen LogP contribution in [0.4, 0.5) is 32.3 Å². The number of nitrogens with one attached hydrogen (secondary N) is 1. The lowest BCUT2D eigenvalue weighted by molar-refractivity contribution is -0.300. The molecule has 0 aromatic carbocycles. The van der Waals surface area contributed by atoms with Crippen LogP contribution >= 0.6 is 11.3 Å². The van der Waals surface area contributed by atoms with Gasteiger partial charge in [-0.2, -0.15) is 31.3 Å². The molecule has 0 fully saturated rings. The van der Waals surface area contributed by atoms with Gasteiger partial charge in [0, 0.05) is 7.05 Å². The molecule has 0 bridgehead atoms. The van der Waals surface area contributed by atoms with Crippen molar-refractivity contribution in [2.24, 2.45) is 0 Å². The molecule has 2 rings (SSSR count). The quantitative estimate of drug-likeness (QED) is 0.873. The van der Waals surface area contributed by atoms with E-state index in [1.807, 2.05) is 0 Å². The van der Waals surface area contributed by atoms with E-state index in [1.54, 1.807) is 0 Å². The first-order valence-corrected chi connectivity index (χ1v) is 6.24. The second-order valence-electron chi connectivity index (χ2n) is 3.82. The summed E-state index contributed by atoms with van der Waals surface area (Å²) in [4.78, 5) is 7.64. The van der Waals surface area contributed by atoms with E-state index in [9.17, 15) is 26.3 Å². The third-order valence-electron chi connectivity index (χ3n) is 2.34. The number of fused-ring (bicyclic) bond motifs is 1. The number of aromatic nitrogens is 2. The summed E-state index contributed by atoms with van der Waals surface area (Å²) >= 11 is 1.04. The van der Waals surface area contributed by atoms with Crippen molar-refractivity contribution in [3.8, 4) is 5.88 Å². The standard InChI is InChI=1S/C10H7F6N3OS/c1-17-8-18-5(4-2-3-21-6(4)19-8)20-7(9(11,12)13)10(14,15)16/h2-3,7H,1H3,(H,17,18,19). The van der Waals surface area contributed by atoms with Crippen LogP contribution in [0.25, 0.3) is 10.2 Å². The third-order valence-corrected chi connectivity index (χ3v) is 3.14. The molecule has 0 radical (unpaired) electrons. The molecule has 0 aliphatic heterocycles. The Hall–Kier alpha value is -1.78. The fraction of sp³-hybridized carbons (Fsp3) is 0.400. The first-order valence-electron chi connectivity index (χ1n) is 5.36. The molecule has 0 saturated carbocycles. The van der Waals surface area contributed by atoms with Crippen molar-refractivity contribution < 1.29 is 31.1 Å². The van der Waals surface area contributed by atoms with Crippen molar-refractivity contribution in [2.75, 3.05) is 12.4 Å². The van der Waals surface area contributed by atoms with Crippen LogP contribution < -0.4 is 10.1 Å². The van der Waals surface area contributed by atoms with Gasteiger partial charge in [0.2, 0.25) is 11.8 Å². The summed E-state index contributed by atoms with van der Waals surface area (Å²) in [5, 5.41) is 3.89. The van der Waals surface area contributed by atoms with Gasteiger partial charge in [0.05, 0.1) is 5.39 Å². The van der Waals surface area contributed by atoms with Crippen molar-refractivity contribution in [3.05, 3.63) is 11.4 Å². The maximum atomic E-state index is 12.5. The Bertz CT molecular complexity index is 624. The lowest BCUT2D eigenvalue weighted by atomic mass is 10.3. The summed E-state index contributed by atoms with van der Waals surface area (Å²) in [6.45, 7) is 0. The molecule has 21 heavy (non-hydrogen) atoms. The van der Waals surface area contributed by atoms with Gasteiger partial charge in [-0.15, -0.1) is 11.3 Å². The molecule has 0 unspecified atom stereocenters. The van der Waals surface area contributed by atoms with E-state index >= 15 is 0 Å². The highest BCUT2D eigenvalue weighted by molar-refractivity contribution is 7.16. The van der Waals surface area contributed by atoms with Gasteiger partial charge >= 0.3 is 12.4 Å². The Morgan fingerprint density at radius 3 is 2.29 bits per heavy atom. The van der Waals surface area contributed by atoms with Crippen LogP contribution in [0.2, 0.25) is 0 Å². The van der Waals surface area contributed by atoms with Crippen LogP contribution in [0.5, 0.6) is 5.88 Å². The lowest BCUT2D eigenvalue weighted by Gasteiger charge is -2.23. The summed E-state index contributed by atoms with van der Waals surface area (Å²) in [5.41, 5.74) is 0. The molecule has 0 saturated heterocycles. The van der Waals surface area contributed by atoms with Gasteiger partial charge in [0.1, 0.15) is 4.83 Å². The number of nitrogens with zero attached hydrogens (tertiary/aromatic N) is 2. The minimum Gasteiger partial charge on any atom is -0.454 e. The van der Waals surface area contributed by atoms with Crippen LogP contribution in [-0.2, 0) is 0 Å². The molecule has 11 heteroatoms. The predicted octanol–water partition coefficient (Wildman–Crippen LogP) is 3.61. The normalized spacial score (nSPS) is 13.0. The van der Waals surface area contributed by atoms with Crippen molar-refractivity contribution in [1.82, 2.24) is 9.97 Å². The maximum absolute atomic E-state index is 12.5. The van der Waals surface area contributed by atoms with Crippen LogP contribution in [0.3, 0.4) is 0 Å². The molecule has 4 nitrogen and oxygen atoms in total. The number of ether oxygens (including phenoxy) is 1. The molecule has 2 heterocycles. The van der Waals surface area contributed by atoms with Gasteiger partial charge in [0.25, 0.3) is 6.10 Å². The lowest BCUT2D eigenvalue weighted by Crippen LogP contribution is -2.46. The van der Waals surface area contributed by atoms with Crippen molar-refractivity contribution in [1.29, 1.82) is 0 Å². The summed E-state index contributed by atoms with van der Waals surface area (Å²) in [7, 11) is 1.38. The third kappa shape index (κ3) is 3.28. The maximum Gasteiger partial charge on any atom is 0.434 e. The summed E-state index contributed by atoms with van der Waals surface area (Å²) < 4.78 is 79.2. The van der Waals surface area contributed by atoms with Crippen LogP contribution in [-0.4, -0.2) is 35.5 Å². The molecule has 2 aromatic rings. The number of rotatable bonds is 3. The van der Waals surface area contributed by atoms with Gasteiger partial charge in [-0.3, -0.25) is 0 Å². The fourth-order valence-electron chi connectivity index (χ4n) is 1.46. The van der Waals surface area contributed by atoms with E-state index in [-0.39, 0.29) is 16.2 Å². The van der Waals surface area contributed by atoms with Crippen LogP contribution in [0, 0.1) is 0 Å². The number of hydrogen-bond donors (Lipinski definition) is 1.